The average molecular weight is 394 g/mol. The number of hydrogen-bond donors (Lipinski definition) is 2. The highest BCUT2D eigenvalue weighted by Gasteiger charge is 2.38. The molecule has 0 radical (unpaired) electrons. The number of carbonyl (C=O) groups is 1. The minimum Gasteiger partial charge on any atom is -0.323 e. The molecule has 116 valence electrons. The number of benzene rings is 1. The fraction of sp³-hybridized carbons (Fsp3) is 0.533. The van der Waals surface area contributed by atoms with E-state index in [9.17, 15) is 4.79 Å². The first-order chi connectivity index (χ1) is 9.98. The van der Waals surface area contributed by atoms with Crippen LogP contribution in [0.25, 0.3) is 0 Å². The van der Waals surface area contributed by atoms with Crippen molar-refractivity contribution in [2.45, 2.75) is 32.6 Å². The van der Waals surface area contributed by atoms with Gasteiger partial charge in [-0.25, -0.2) is 0 Å². The summed E-state index contributed by atoms with van der Waals surface area (Å²) in [6.07, 6.45) is 3.55. The first-order valence-corrected chi connectivity index (χ1v) is 8.70. The molecule has 3 nitrogen and oxygen atoms in total. The number of rotatable bonds is 4. The lowest BCUT2D eigenvalue weighted by molar-refractivity contribution is -0.127. The molecule has 1 aliphatic heterocycles. The summed E-state index contributed by atoms with van der Waals surface area (Å²) in [5, 5.41) is 7.15. The molecular formula is C15H19BrCl2N2O. The van der Waals surface area contributed by atoms with E-state index in [1.807, 2.05) is 0 Å². The Labute approximate surface area is 143 Å². The van der Waals surface area contributed by atoms with Crippen LogP contribution >= 0.6 is 39.1 Å². The van der Waals surface area contributed by atoms with Gasteiger partial charge in [0.1, 0.15) is 0 Å². The largest absolute Gasteiger partial charge is 0.323 e. The van der Waals surface area contributed by atoms with Gasteiger partial charge < -0.3 is 10.6 Å². The molecule has 1 aliphatic rings. The van der Waals surface area contributed by atoms with Gasteiger partial charge in [0.05, 0.1) is 21.1 Å². The van der Waals surface area contributed by atoms with Crippen LogP contribution in [0.2, 0.25) is 10.0 Å². The molecule has 2 N–H and O–H groups in total. The van der Waals surface area contributed by atoms with Crippen LogP contribution in [-0.2, 0) is 4.79 Å². The molecule has 1 aromatic carbocycles. The minimum absolute atomic E-state index is 0.0250. The van der Waals surface area contributed by atoms with Gasteiger partial charge in [-0.3, -0.25) is 4.79 Å². The summed E-state index contributed by atoms with van der Waals surface area (Å²) < 4.78 is 0.792. The molecule has 2 rings (SSSR count). The first kappa shape index (κ1) is 17.1. The summed E-state index contributed by atoms with van der Waals surface area (Å²) in [7, 11) is 0. The second-order valence-corrected chi connectivity index (χ2v) is 7.21. The van der Waals surface area contributed by atoms with Crippen LogP contribution in [-0.4, -0.2) is 19.0 Å². The Bertz CT molecular complexity index is 502. The molecule has 1 fully saturated rings. The fourth-order valence-corrected chi connectivity index (χ4v) is 4.19. The van der Waals surface area contributed by atoms with Crippen LogP contribution < -0.4 is 10.6 Å². The molecule has 0 unspecified atom stereocenters. The van der Waals surface area contributed by atoms with Crippen molar-refractivity contribution in [3.8, 4) is 0 Å². The average Bonchev–Trinajstić information content (AvgIpc) is 2.44. The van der Waals surface area contributed by atoms with Crippen LogP contribution in [0.15, 0.2) is 16.6 Å². The number of anilines is 1. The van der Waals surface area contributed by atoms with Gasteiger partial charge in [0.25, 0.3) is 0 Å². The van der Waals surface area contributed by atoms with Gasteiger partial charge >= 0.3 is 0 Å². The van der Waals surface area contributed by atoms with Crippen molar-refractivity contribution in [3.63, 3.8) is 0 Å². The maximum absolute atomic E-state index is 12.8. The van der Waals surface area contributed by atoms with Crippen LogP contribution in [0.1, 0.15) is 32.6 Å². The predicted octanol–water partition coefficient (Wildman–Crippen LogP) is 4.86. The molecule has 1 saturated heterocycles. The number of amides is 1. The van der Waals surface area contributed by atoms with E-state index >= 15 is 0 Å². The molecule has 0 aliphatic carbocycles. The van der Waals surface area contributed by atoms with Crippen molar-refractivity contribution in [2.24, 2.45) is 5.41 Å². The molecule has 1 heterocycles. The lowest BCUT2D eigenvalue weighted by Crippen LogP contribution is -2.44. The molecule has 0 saturated carbocycles. The number of hydrogen-bond acceptors (Lipinski definition) is 2. The van der Waals surface area contributed by atoms with E-state index in [0.717, 1.165) is 43.2 Å². The van der Waals surface area contributed by atoms with Crippen molar-refractivity contribution < 1.29 is 4.79 Å². The Balaban J connectivity index is 2.23. The second kappa shape index (κ2) is 7.32. The molecule has 0 aromatic heterocycles. The molecule has 6 heteroatoms. The molecule has 1 amide bonds. The summed E-state index contributed by atoms with van der Waals surface area (Å²) in [5.74, 6) is 0.0250. The monoisotopic (exact) mass is 392 g/mol. The SMILES string of the molecule is CCCC1(C(=O)Nc2c(Cl)cc(Br)cc2Cl)CCNCC1. The number of halogens is 3. The van der Waals surface area contributed by atoms with E-state index in [4.69, 9.17) is 23.2 Å². The molecule has 1 aromatic rings. The third-order valence-electron chi connectivity index (χ3n) is 4.02. The zero-order valence-corrected chi connectivity index (χ0v) is 15.0. The zero-order valence-electron chi connectivity index (χ0n) is 11.9. The molecule has 0 spiro atoms. The third kappa shape index (κ3) is 3.92. The molecule has 0 atom stereocenters. The van der Waals surface area contributed by atoms with Crippen molar-refractivity contribution in [1.29, 1.82) is 0 Å². The van der Waals surface area contributed by atoms with Gasteiger partial charge in [0, 0.05) is 4.47 Å². The topological polar surface area (TPSA) is 41.1 Å². The van der Waals surface area contributed by atoms with E-state index in [1.165, 1.54) is 0 Å². The van der Waals surface area contributed by atoms with Gasteiger partial charge in [-0.2, -0.15) is 0 Å². The number of nitrogens with one attached hydrogen (secondary N) is 2. The maximum atomic E-state index is 12.8. The van der Waals surface area contributed by atoms with Crippen molar-refractivity contribution in [3.05, 3.63) is 26.7 Å². The first-order valence-electron chi connectivity index (χ1n) is 7.15. The Kier molecular flexibility index (Phi) is 5.95. The van der Waals surface area contributed by atoms with E-state index < -0.39 is 0 Å². The summed E-state index contributed by atoms with van der Waals surface area (Å²) in [5.41, 5.74) is 0.181. The standard InChI is InChI=1S/C15H19BrCl2N2O/c1-2-3-15(4-6-19-7-5-15)14(21)20-13-11(17)8-10(16)9-12(13)18/h8-9,19H,2-7H2,1H3,(H,20,21). The van der Waals surface area contributed by atoms with Gasteiger partial charge in [0.2, 0.25) is 5.91 Å². The number of piperidine rings is 1. The lowest BCUT2D eigenvalue weighted by Gasteiger charge is -2.36. The Morgan fingerprint density at radius 3 is 2.43 bits per heavy atom. The van der Waals surface area contributed by atoms with Crippen molar-refractivity contribution in [2.75, 3.05) is 18.4 Å². The molecular weight excluding hydrogens is 375 g/mol. The Hall–Kier alpha value is -0.290. The summed E-state index contributed by atoms with van der Waals surface area (Å²) in [6.45, 7) is 3.85. The lowest BCUT2D eigenvalue weighted by atomic mass is 9.74. The van der Waals surface area contributed by atoms with Crippen LogP contribution in [0.3, 0.4) is 0 Å². The Morgan fingerprint density at radius 1 is 1.33 bits per heavy atom. The predicted molar refractivity (Wildman–Crippen MR) is 92.2 cm³/mol. The molecule has 0 bridgehead atoms. The van der Waals surface area contributed by atoms with Crippen molar-refractivity contribution >= 4 is 50.7 Å². The van der Waals surface area contributed by atoms with Crippen LogP contribution in [0, 0.1) is 5.41 Å². The highest BCUT2D eigenvalue weighted by molar-refractivity contribution is 9.10. The van der Waals surface area contributed by atoms with E-state index in [0.29, 0.717) is 15.7 Å². The highest BCUT2D eigenvalue weighted by atomic mass is 79.9. The summed E-state index contributed by atoms with van der Waals surface area (Å²) in [4.78, 5) is 12.8. The van der Waals surface area contributed by atoms with Gasteiger partial charge in [-0.15, -0.1) is 0 Å². The smallest absolute Gasteiger partial charge is 0.230 e. The molecule has 21 heavy (non-hydrogen) atoms. The van der Waals surface area contributed by atoms with E-state index in [-0.39, 0.29) is 11.3 Å². The van der Waals surface area contributed by atoms with Crippen LogP contribution in [0.4, 0.5) is 5.69 Å². The zero-order chi connectivity index (χ0) is 15.5. The minimum atomic E-state index is -0.320. The third-order valence-corrected chi connectivity index (χ3v) is 5.07. The van der Waals surface area contributed by atoms with Gasteiger partial charge in [-0.05, 0) is 44.5 Å². The number of carbonyl (C=O) groups excluding carboxylic acids is 1. The fourth-order valence-electron chi connectivity index (χ4n) is 2.88. The van der Waals surface area contributed by atoms with Crippen molar-refractivity contribution in [1.82, 2.24) is 5.32 Å². The normalized spacial score (nSPS) is 17.5. The Morgan fingerprint density at radius 2 is 1.90 bits per heavy atom. The highest BCUT2D eigenvalue weighted by Crippen LogP contribution is 2.39. The maximum Gasteiger partial charge on any atom is 0.230 e. The van der Waals surface area contributed by atoms with Gasteiger partial charge in [0.15, 0.2) is 0 Å². The summed E-state index contributed by atoms with van der Waals surface area (Å²) >= 11 is 15.7. The van der Waals surface area contributed by atoms with Crippen LogP contribution in [0.5, 0.6) is 0 Å². The van der Waals surface area contributed by atoms with E-state index in [1.54, 1.807) is 12.1 Å². The second-order valence-electron chi connectivity index (χ2n) is 5.48. The van der Waals surface area contributed by atoms with Gasteiger partial charge in [-0.1, -0.05) is 52.5 Å². The quantitative estimate of drug-likeness (QED) is 0.766. The van der Waals surface area contributed by atoms with E-state index in [2.05, 4.69) is 33.5 Å². The summed E-state index contributed by atoms with van der Waals surface area (Å²) in [6, 6.07) is 3.47.